The van der Waals surface area contributed by atoms with E-state index in [-0.39, 0.29) is 24.5 Å². The summed E-state index contributed by atoms with van der Waals surface area (Å²) in [7, 11) is -3.66. The third kappa shape index (κ3) is 15.0. The summed E-state index contributed by atoms with van der Waals surface area (Å²) in [5, 5.41) is 13.0. The fourth-order valence-corrected chi connectivity index (χ4v) is 5.63. The zero-order valence-electron chi connectivity index (χ0n) is 27.2. The van der Waals surface area contributed by atoms with Crippen molar-refractivity contribution < 1.29 is 31.9 Å². The summed E-state index contributed by atoms with van der Waals surface area (Å²) in [6.07, 6.45) is 4.83. The molecule has 4 N–H and O–H groups in total. The van der Waals surface area contributed by atoms with Crippen molar-refractivity contribution in [3.05, 3.63) is 95.6 Å². The van der Waals surface area contributed by atoms with E-state index in [2.05, 4.69) is 15.3 Å². The fourth-order valence-electron chi connectivity index (χ4n) is 4.00. The Hall–Kier alpha value is -3.81. The van der Waals surface area contributed by atoms with E-state index in [9.17, 15) is 31.9 Å². The van der Waals surface area contributed by atoms with Gasteiger partial charge < -0.3 is 21.1 Å². The number of aliphatic hydroxyl groups excluding tert-OH is 1. The molecule has 10 nitrogen and oxygen atoms in total. The molecule has 3 aromatic rings. The lowest BCUT2D eigenvalue weighted by atomic mass is 10.1. The quantitative estimate of drug-likeness (QED) is 0.233. The highest BCUT2D eigenvalue weighted by atomic mass is 32.2. The summed E-state index contributed by atoms with van der Waals surface area (Å²) in [6.45, 7) is 9.49. The molecular weight excluding hydrogens is 616 g/mol. The number of aromatic nitrogens is 2. The molecule has 1 aromatic heterocycles. The minimum absolute atomic E-state index is 0.0425. The van der Waals surface area contributed by atoms with Crippen LogP contribution in [0.1, 0.15) is 69.1 Å². The van der Waals surface area contributed by atoms with Crippen LogP contribution in [-0.4, -0.2) is 76.4 Å². The van der Waals surface area contributed by atoms with Gasteiger partial charge in [-0.1, -0.05) is 64.4 Å². The minimum Gasteiger partial charge on any atom is -0.390 e. The first-order valence-electron chi connectivity index (χ1n) is 15.3. The van der Waals surface area contributed by atoms with Crippen molar-refractivity contribution in [1.82, 2.24) is 20.2 Å². The number of carbonyl (C=O) groups excluding carboxylic acids is 2. The summed E-state index contributed by atoms with van der Waals surface area (Å²) in [5.41, 5.74) is 7.69. The molecule has 1 heterocycles. The Kier molecular flexibility index (Phi) is 18.4. The zero-order valence-corrected chi connectivity index (χ0v) is 28.0. The molecule has 0 radical (unpaired) electrons. The summed E-state index contributed by atoms with van der Waals surface area (Å²) >= 11 is 0. The number of unbranched alkanes of at least 4 members (excludes halogenated alkanes) is 1. The number of aryl methyl sites for hydroxylation is 1. The largest absolute Gasteiger partial charge is 0.390 e. The van der Waals surface area contributed by atoms with Crippen LogP contribution in [0.4, 0.5) is 8.78 Å². The Morgan fingerprint density at radius 2 is 1.65 bits per heavy atom. The lowest BCUT2D eigenvalue weighted by molar-refractivity contribution is -0.135. The van der Waals surface area contributed by atoms with Crippen molar-refractivity contribution in [2.75, 3.05) is 18.1 Å². The highest BCUT2D eigenvalue weighted by molar-refractivity contribution is 7.91. The maximum absolute atomic E-state index is 13.7. The maximum Gasteiger partial charge on any atom is 0.272 e. The highest BCUT2D eigenvalue weighted by Crippen LogP contribution is 2.13. The first-order chi connectivity index (χ1) is 21.8. The molecule has 3 atom stereocenters. The Morgan fingerprint density at radius 3 is 2.17 bits per heavy atom. The van der Waals surface area contributed by atoms with Gasteiger partial charge >= 0.3 is 0 Å². The van der Waals surface area contributed by atoms with Gasteiger partial charge in [-0.15, -0.1) is 0 Å². The molecule has 0 bridgehead atoms. The van der Waals surface area contributed by atoms with Gasteiger partial charge in [0.05, 0.1) is 23.8 Å². The molecule has 0 saturated heterocycles. The Bertz CT molecular complexity index is 1430. The van der Waals surface area contributed by atoms with E-state index in [4.69, 9.17) is 5.73 Å². The van der Waals surface area contributed by atoms with Gasteiger partial charge in [-0.05, 0) is 43.0 Å². The summed E-state index contributed by atoms with van der Waals surface area (Å²) < 4.78 is 49.5. The van der Waals surface area contributed by atoms with Gasteiger partial charge in [0.2, 0.25) is 5.91 Å². The van der Waals surface area contributed by atoms with Gasteiger partial charge in [-0.2, -0.15) is 0 Å². The van der Waals surface area contributed by atoms with E-state index in [0.717, 1.165) is 23.6 Å². The number of nitrogens with one attached hydrogen (secondary N) is 1. The van der Waals surface area contributed by atoms with Crippen molar-refractivity contribution in [3.8, 4) is 0 Å². The molecule has 46 heavy (non-hydrogen) atoms. The number of sulfone groups is 1. The Labute approximate surface area is 271 Å². The molecule has 13 heteroatoms. The first kappa shape index (κ1) is 40.2. The molecular formula is C33H47F2N5O5S. The third-order valence-electron chi connectivity index (χ3n) is 6.51. The number of hydrogen-bond donors (Lipinski definition) is 3. The second-order valence-electron chi connectivity index (χ2n) is 10.3. The van der Waals surface area contributed by atoms with Crippen LogP contribution in [-0.2, 0) is 27.6 Å². The number of halogens is 2. The zero-order chi connectivity index (χ0) is 34.7. The van der Waals surface area contributed by atoms with Crippen LogP contribution in [0.25, 0.3) is 0 Å². The van der Waals surface area contributed by atoms with Crippen LogP contribution in [0.5, 0.6) is 0 Å². The fraction of sp³-hybridized carbons (Fsp3) is 0.455. The van der Waals surface area contributed by atoms with Crippen LogP contribution in [0, 0.1) is 11.6 Å². The lowest BCUT2D eigenvalue weighted by Gasteiger charge is -2.30. The van der Waals surface area contributed by atoms with Crippen molar-refractivity contribution in [2.45, 2.75) is 78.6 Å². The lowest BCUT2D eigenvalue weighted by Crippen LogP contribution is -2.54. The predicted molar refractivity (Wildman–Crippen MR) is 175 cm³/mol. The molecule has 2 aromatic carbocycles. The monoisotopic (exact) mass is 663 g/mol. The third-order valence-corrected chi connectivity index (χ3v) is 8.27. The van der Waals surface area contributed by atoms with Gasteiger partial charge in [0.15, 0.2) is 9.84 Å². The summed E-state index contributed by atoms with van der Waals surface area (Å²) in [6, 6.07) is 10.2. The van der Waals surface area contributed by atoms with Gasteiger partial charge in [-0.25, -0.2) is 22.2 Å². The van der Waals surface area contributed by atoms with Gasteiger partial charge in [0.1, 0.15) is 23.4 Å². The van der Waals surface area contributed by atoms with E-state index >= 15 is 0 Å². The van der Waals surface area contributed by atoms with Crippen LogP contribution < -0.4 is 11.1 Å². The van der Waals surface area contributed by atoms with Gasteiger partial charge in [0, 0.05) is 37.6 Å². The van der Waals surface area contributed by atoms with E-state index in [0.29, 0.717) is 12.8 Å². The van der Waals surface area contributed by atoms with Crippen molar-refractivity contribution in [1.29, 1.82) is 0 Å². The molecule has 0 fully saturated rings. The molecule has 0 aliphatic heterocycles. The number of nitrogens with two attached hydrogens (primary N) is 1. The number of amides is 2. The van der Waals surface area contributed by atoms with Crippen molar-refractivity contribution >= 4 is 21.7 Å². The number of hydrogen-bond acceptors (Lipinski definition) is 8. The number of nitrogens with zero attached hydrogens (tertiary/aromatic N) is 3. The summed E-state index contributed by atoms with van der Waals surface area (Å²) in [5.74, 6) is -3.09. The maximum atomic E-state index is 13.7. The molecule has 0 aliphatic rings. The highest BCUT2D eigenvalue weighted by Gasteiger charge is 2.32. The standard InChI is InChI=1S/C25H37N5O5S.C6H4F2.C2H6/c1-4-6-12-36(34,35)17-22(29-24(32)21-14-27-10-11-28-21)25(33)30(16-23(31)18(3)26)15-20-9-7-8-19(5-2)13-20;7-5-2-1-3-6(8)4-5;1-2/h7-11,13-14,18,22-23,31H,4-6,12,15-17,26H2,1-3H3,(H,29,32);1-4H;1-2H3. The molecule has 0 saturated carbocycles. The van der Waals surface area contributed by atoms with Crippen LogP contribution in [0.15, 0.2) is 67.1 Å². The first-order valence-corrected chi connectivity index (χ1v) is 17.2. The Morgan fingerprint density at radius 1 is 1.02 bits per heavy atom. The van der Waals surface area contributed by atoms with E-state index < -0.39 is 57.2 Å². The van der Waals surface area contributed by atoms with Crippen LogP contribution in [0.2, 0.25) is 0 Å². The van der Waals surface area contributed by atoms with E-state index in [1.807, 2.05) is 52.0 Å². The van der Waals surface area contributed by atoms with E-state index in [1.54, 1.807) is 6.92 Å². The molecule has 0 spiro atoms. The topological polar surface area (TPSA) is 156 Å². The van der Waals surface area contributed by atoms with Gasteiger partial charge in [-0.3, -0.25) is 14.6 Å². The molecule has 3 rings (SSSR count). The molecule has 2 amide bonds. The second-order valence-corrected chi connectivity index (χ2v) is 12.6. The molecule has 254 valence electrons. The average molecular weight is 664 g/mol. The van der Waals surface area contributed by atoms with Crippen molar-refractivity contribution in [2.24, 2.45) is 5.73 Å². The van der Waals surface area contributed by atoms with Crippen molar-refractivity contribution in [3.63, 3.8) is 0 Å². The SMILES string of the molecule is CC.CCCCS(=O)(=O)CC(NC(=O)c1cnccn1)C(=O)N(Cc1cccc(CC)c1)CC(O)C(C)N.Fc1cccc(F)c1. The van der Waals surface area contributed by atoms with Crippen LogP contribution >= 0.6 is 0 Å². The predicted octanol–water partition coefficient (Wildman–Crippen LogP) is 4.08. The molecule has 0 aliphatic carbocycles. The number of benzene rings is 2. The van der Waals surface area contributed by atoms with E-state index in [1.165, 1.54) is 41.7 Å². The minimum atomic E-state index is -3.66. The average Bonchev–Trinajstić information content (AvgIpc) is 3.04. The second kappa shape index (κ2) is 21.1. The number of rotatable bonds is 14. The normalized spacial score (nSPS) is 12.7. The van der Waals surface area contributed by atoms with Gasteiger partial charge in [0.25, 0.3) is 5.91 Å². The summed E-state index contributed by atoms with van der Waals surface area (Å²) in [4.78, 5) is 35.7. The number of aliphatic hydroxyl groups is 1. The molecule has 3 unspecified atom stereocenters. The Balaban J connectivity index is 0.000000905. The number of carbonyl (C=O) groups is 2. The van der Waals surface area contributed by atoms with Crippen LogP contribution in [0.3, 0.4) is 0 Å². The smallest absolute Gasteiger partial charge is 0.272 e.